The number of carbonyl (C=O) groups is 1. The van der Waals surface area contributed by atoms with Crippen molar-refractivity contribution in [3.8, 4) is 0 Å². The molecule has 0 aliphatic heterocycles. The second-order valence-electron chi connectivity index (χ2n) is 3.83. The van der Waals surface area contributed by atoms with Crippen LogP contribution in [0.4, 0.5) is 4.39 Å². The molecule has 1 nitrogen and oxygen atoms in total. The van der Waals surface area contributed by atoms with E-state index < -0.39 is 11.5 Å². The average Bonchev–Trinajstić information content (AvgIpc) is 2.92. The fraction of sp³-hybridized carbons (Fsp3) is 0.214. The minimum absolute atomic E-state index is 0.154. The number of Topliss-reactive ketones (excluding diaryl/α,β-unsaturated/α-hetero) is 1. The second kappa shape index (κ2) is 4.80. The normalized spacial score (nSPS) is 14.2. The van der Waals surface area contributed by atoms with Gasteiger partial charge in [-0.25, -0.2) is 4.39 Å². The van der Waals surface area contributed by atoms with Crippen LogP contribution in [0.5, 0.6) is 0 Å². The number of alkyl halides is 1. The molecular weight excluding hydrogens is 235 g/mol. The molecule has 0 saturated heterocycles. The maximum absolute atomic E-state index is 14.8. The first-order valence-electron chi connectivity index (χ1n) is 5.51. The van der Waals surface area contributed by atoms with Gasteiger partial charge in [0.25, 0.3) is 0 Å². The summed E-state index contributed by atoms with van der Waals surface area (Å²) in [5, 5.41) is 1.79. The molecule has 0 amide bonds. The average molecular weight is 248 g/mol. The van der Waals surface area contributed by atoms with Gasteiger partial charge in [-0.1, -0.05) is 43.3 Å². The van der Waals surface area contributed by atoms with Crippen LogP contribution in [0.15, 0.2) is 47.8 Å². The van der Waals surface area contributed by atoms with Gasteiger partial charge in [0.15, 0.2) is 0 Å². The topological polar surface area (TPSA) is 17.1 Å². The summed E-state index contributed by atoms with van der Waals surface area (Å²) in [5.74, 6) is -0.456. The Labute approximate surface area is 104 Å². The van der Waals surface area contributed by atoms with Gasteiger partial charge in [0.05, 0.1) is 0 Å². The lowest BCUT2D eigenvalue weighted by atomic mass is 9.91. The lowest BCUT2D eigenvalue weighted by molar-refractivity contribution is 0.0675. The van der Waals surface area contributed by atoms with Crippen LogP contribution in [0.2, 0.25) is 0 Å². The molecule has 2 rings (SSSR count). The van der Waals surface area contributed by atoms with E-state index in [-0.39, 0.29) is 6.42 Å². The van der Waals surface area contributed by atoms with Crippen LogP contribution >= 0.6 is 11.3 Å². The number of ketones is 1. The Morgan fingerprint density at radius 3 is 2.47 bits per heavy atom. The zero-order valence-electron chi connectivity index (χ0n) is 9.52. The highest BCUT2D eigenvalue weighted by Crippen LogP contribution is 2.36. The third-order valence-corrected chi connectivity index (χ3v) is 3.80. The Hall–Kier alpha value is -1.48. The summed E-state index contributed by atoms with van der Waals surface area (Å²) in [6, 6.07) is 12.1. The van der Waals surface area contributed by atoms with Gasteiger partial charge in [0.2, 0.25) is 11.5 Å². The lowest BCUT2D eigenvalue weighted by Gasteiger charge is -2.20. The van der Waals surface area contributed by atoms with Gasteiger partial charge >= 0.3 is 0 Å². The van der Waals surface area contributed by atoms with Gasteiger partial charge in [0, 0.05) is 10.4 Å². The summed E-state index contributed by atoms with van der Waals surface area (Å²) >= 11 is 1.28. The fourth-order valence-electron chi connectivity index (χ4n) is 1.77. The number of thiophene rings is 1. The number of halogens is 1. The Morgan fingerprint density at radius 1 is 1.24 bits per heavy atom. The SMILES string of the molecule is CCC(F)(C(=O)c1ccccc1)c1cccs1. The molecule has 17 heavy (non-hydrogen) atoms. The molecule has 1 unspecified atom stereocenters. The van der Waals surface area contributed by atoms with Crippen LogP contribution in [0.3, 0.4) is 0 Å². The number of hydrogen-bond donors (Lipinski definition) is 0. The van der Waals surface area contributed by atoms with Crippen molar-refractivity contribution in [1.29, 1.82) is 0 Å². The molecule has 0 aliphatic rings. The van der Waals surface area contributed by atoms with Gasteiger partial charge in [-0.3, -0.25) is 4.79 Å². The van der Waals surface area contributed by atoms with Gasteiger partial charge in [-0.05, 0) is 17.9 Å². The molecule has 0 radical (unpaired) electrons. The lowest BCUT2D eigenvalue weighted by Crippen LogP contribution is -2.29. The van der Waals surface area contributed by atoms with Gasteiger partial charge < -0.3 is 0 Å². The van der Waals surface area contributed by atoms with E-state index in [9.17, 15) is 9.18 Å². The summed E-state index contributed by atoms with van der Waals surface area (Å²) in [7, 11) is 0. The largest absolute Gasteiger partial charge is 0.290 e. The summed E-state index contributed by atoms with van der Waals surface area (Å²) < 4.78 is 14.8. The molecule has 0 N–H and O–H groups in total. The first-order chi connectivity index (χ1) is 8.18. The van der Waals surface area contributed by atoms with Crippen molar-refractivity contribution in [2.45, 2.75) is 19.0 Å². The van der Waals surface area contributed by atoms with E-state index in [2.05, 4.69) is 0 Å². The Kier molecular flexibility index (Phi) is 3.38. The highest BCUT2D eigenvalue weighted by Gasteiger charge is 2.39. The van der Waals surface area contributed by atoms with E-state index in [1.165, 1.54) is 11.3 Å². The summed E-state index contributed by atoms with van der Waals surface area (Å²) in [5.41, 5.74) is -1.47. The second-order valence-corrected chi connectivity index (χ2v) is 4.77. The zero-order valence-corrected chi connectivity index (χ0v) is 10.3. The molecule has 0 saturated carbocycles. The van der Waals surface area contributed by atoms with Crippen molar-refractivity contribution < 1.29 is 9.18 Å². The molecule has 0 fully saturated rings. The maximum Gasteiger partial charge on any atom is 0.207 e. The van der Waals surface area contributed by atoms with Crippen LogP contribution in [0, 0.1) is 0 Å². The number of benzene rings is 1. The van der Waals surface area contributed by atoms with Crippen molar-refractivity contribution in [3.63, 3.8) is 0 Å². The van der Waals surface area contributed by atoms with E-state index in [0.29, 0.717) is 10.4 Å². The Balaban J connectivity index is 2.40. The fourth-order valence-corrected chi connectivity index (χ4v) is 2.65. The molecule has 2 aromatic rings. The van der Waals surface area contributed by atoms with E-state index in [4.69, 9.17) is 0 Å². The predicted molar refractivity (Wildman–Crippen MR) is 68.2 cm³/mol. The summed E-state index contributed by atoms with van der Waals surface area (Å²) in [4.78, 5) is 12.7. The van der Waals surface area contributed by atoms with Crippen LogP contribution in [-0.4, -0.2) is 5.78 Å². The smallest absolute Gasteiger partial charge is 0.207 e. The van der Waals surface area contributed by atoms with Gasteiger partial charge in [0.1, 0.15) is 0 Å². The maximum atomic E-state index is 14.8. The minimum atomic E-state index is -1.89. The van der Waals surface area contributed by atoms with Crippen molar-refractivity contribution in [1.82, 2.24) is 0 Å². The summed E-state index contributed by atoms with van der Waals surface area (Å²) in [6.45, 7) is 1.69. The molecule has 0 aliphatic carbocycles. The van der Waals surface area contributed by atoms with Crippen molar-refractivity contribution in [3.05, 3.63) is 58.3 Å². The number of rotatable bonds is 4. The molecule has 88 valence electrons. The third-order valence-electron chi connectivity index (χ3n) is 2.79. The molecule has 3 heteroatoms. The molecule has 1 atom stereocenters. The van der Waals surface area contributed by atoms with Crippen LogP contribution < -0.4 is 0 Å². The number of hydrogen-bond acceptors (Lipinski definition) is 2. The van der Waals surface area contributed by atoms with Crippen LogP contribution in [0.1, 0.15) is 28.6 Å². The van der Waals surface area contributed by atoms with Crippen molar-refractivity contribution in [2.24, 2.45) is 0 Å². The Morgan fingerprint density at radius 2 is 1.94 bits per heavy atom. The van der Waals surface area contributed by atoms with E-state index in [1.807, 2.05) is 6.07 Å². The zero-order chi connectivity index (χ0) is 12.3. The Bertz CT molecular complexity index is 492. The molecule has 0 bridgehead atoms. The highest BCUT2D eigenvalue weighted by atomic mass is 32.1. The first kappa shape index (κ1) is 12.0. The highest BCUT2D eigenvalue weighted by molar-refractivity contribution is 7.10. The van der Waals surface area contributed by atoms with E-state index >= 15 is 0 Å². The summed E-state index contributed by atoms with van der Waals surface area (Å²) in [6.07, 6.45) is 0.154. The molecule has 1 aromatic carbocycles. The molecule has 1 aromatic heterocycles. The van der Waals surface area contributed by atoms with Crippen molar-refractivity contribution >= 4 is 17.1 Å². The van der Waals surface area contributed by atoms with Crippen molar-refractivity contribution in [2.75, 3.05) is 0 Å². The molecule has 1 heterocycles. The van der Waals surface area contributed by atoms with Gasteiger partial charge in [-0.2, -0.15) is 0 Å². The van der Waals surface area contributed by atoms with Crippen LogP contribution in [0.25, 0.3) is 0 Å². The standard InChI is InChI=1S/C14H13FOS/c1-2-14(15,12-9-6-10-17-12)13(16)11-7-4-3-5-8-11/h3-10H,2H2,1H3. The number of carbonyl (C=O) groups excluding carboxylic acids is 1. The molecule has 0 spiro atoms. The quantitative estimate of drug-likeness (QED) is 0.741. The predicted octanol–water partition coefficient (Wildman–Crippen LogP) is 4.21. The first-order valence-corrected chi connectivity index (χ1v) is 6.39. The minimum Gasteiger partial charge on any atom is -0.290 e. The van der Waals surface area contributed by atoms with E-state index in [1.54, 1.807) is 48.7 Å². The molecular formula is C14H13FOS. The van der Waals surface area contributed by atoms with Gasteiger partial charge in [-0.15, -0.1) is 11.3 Å². The monoisotopic (exact) mass is 248 g/mol. The van der Waals surface area contributed by atoms with E-state index in [0.717, 1.165) is 0 Å². The van der Waals surface area contributed by atoms with Crippen LogP contribution in [-0.2, 0) is 5.67 Å². The third kappa shape index (κ3) is 2.15.